The highest BCUT2D eigenvalue weighted by Crippen LogP contribution is 2.19. The Labute approximate surface area is 159 Å². The Morgan fingerprint density at radius 3 is 2.26 bits per heavy atom. The van der Waals surface area contributed by atoms with Crippen molar-refractivity contribution in [1.82, 2.24) is 9.21 Å². The summed E-state index contributed by atoms with van der Waals surface area (Å²) in [4.78, 5) is 25.0. The number of carboxylic acids is 1. The van der Waals surface area contributed by atoms with Crippen molar-refractivity contribution < 1.29 is 27.9 Å². The van der Waals surface area contributed by atoms with Gasteiger partial charge in [-0.3, -0.25) is 4.79 Å². The van der Waals surface area contributed by atoms with E-state index in [1.54, 1.807) is 11.8 Å². The predicted octanol–water partition coefficient (Wildman–Crippen LogP) is 1.42. The number of ether oxygens (including phenoxy) is 1. The molecule has 0 radical (unpaired) electrons. The minimum atomic E-state index is -3.72. The van der Waals surface area contributed by atoms with Crippen LogP contribution in [0.2, 0.25) is 0 Å². The molecule has 150 valence electrons. The topological polar surface area (TPSA) is 104 Å². The third kappa shape index (κ3) is 5.27. The lowest BCUT2D eigenvalue weighted by atomic mass is 10.2. The van der Waals surface area contributed by atoms with Gasteiger partial charge in [0.25, 0.3) is 5.91 Å². The largest absolute Gasteiger partial charge is 0.478 e. The molecule has 27 heavy (non-hydrogen) atoms. The molecule has 1 atom stereocenters. The second-order valence-electron chi connectivity index (χ2n) is 6.43. The van der Waals surface area contributed by atoms with Crippen LogP contribution in [0.15, 0.2) is 29.2 Å². The Morgan fingerprint density at radius 2 is 1.74 bits per heavy atom. The van der Waals surface area contributed by atoms with Crippen molar-refractivity contribution in [3.05, 3.63) is 29.8 Å². The van der Waals surface area contributed by atoms with Gasteiger partial charge in [-0.15, -0.1) is 0 Å². The van der Waals surface area contributed by atoms with Gasteiger partial charge in [0, 0.05) is 32.8 Å². The Balaban J connectivity index is 1.95. The van der Waals surface area contributed by atoms with Gasteiger partial charge in [-0.1, -0.05) is 13.3 Å². The average Bonchev–Trinajstić information content (AvgIpc) is 2.67. The molecule has 1 fully saturated rings. The van der Waals surface area contributed by atoms with E-state index in [1.807, 2.05) is 6.92 Å². The van der Waals surface area contributed by atoms with Crippen LogP contribution in [0.25, 0.3) is 0 Å². The first-order valence-electron chi connectivity index (χ1n) is 9.01. The molecule has 1 aromatic rings. The lowest BCUT2D eigenvalue weighted by Crippen LogP contribution is -2.52. The van der Waals surface area contributed by atoms with Crippen LogP contribution in [0.4, 0.5) is 0 Å². The molecule has 0 saturated carbocycles. The van der Waals surface area contributed by atoms with Crippen molar-refractivity contribution in [2.45, 2.75) is 37.7 Å². The number of unbranched alkanes of at least 4 members (excludes halogenated alkanes) is 1. The Morgan fingerprint density at radius 1 is 1.15 bits per heavy atom. The summed E-state index contributed by atoms with van der Waals surface area (Å²) in [5, 5.41) is 8.91. The summed E-state index contributed by atoms with van der Waals surface area (Å²) in [6, 6.07) is 5.12. The van der Waals surface area contributed by atoms with Crippen LogP contribution in [-0.4, -0.2) is 73.5 Å². The van der Waals surface area contributed by atoms with Gasteiger partial charge < -0.3 is 14.7 Å². The van der Waals surface area contributed by atoms with Crippen molar-refractivity contribution in [2.24, 2.45) is 0 Å². The minimum absolute atomic E-state index is 0.0291. The molecule has 1 heterocycles. The van der Waals surface area contributed by atoms with Crippen LogP contribution in [0.3, 0.4) is 0 Å². The summed E-state index contributed by atoms with van der Waals surface area (Å²) in [7, 11) is -3.72. The summed E-state index contributed by atoms with van der Waals surface area (Å²) in [5.74, 6) is -1.24. The number of benzene rings is 1. The Bertz CT molecular complexity index is 755. The van der Waals surface area contributed by atoms with Gasteiger partial charge in [0.05, 0.1) is 10.5 Å². The van der Waals surface area contributed by atoms with E-state index in [-0.39, 0.29) is 29.5 Å². The summed E-state index contributed by atoms with van der Waals surface area (Å²) in [5.41, 5.74) is 0.0291. The van der Waals surface area contributed by atoms with E-state index in [0.717, 1.165) is 12.8 Å². The standard InChI is InChI=1S/C18H26N2O6S/c1-3-4-13-26-14(2)17(21)19-9-11-20(12-10-19)27(24,25)16-7-5-15(6-8-16)18(22)23/h5-8,14H,3-4,9-13H2,1-2H3,(H,22,23). The molecule has 1 saturated heterocycles. The van der Waals surface area contributed by atoms with Gasteiger partial charge in [0.15, 0.2) is 0 Å². The summed E-state index contributed by atoms with van der Waals surface area (Å²) < 4.78 is 32.2. The van der Waals surface area contributed by atoms with E-state index >= 15 is 0 Å². The zero-order chi connectivity index (χ0) is 20.0. The third-order valence-electron chi connectivity index (χ3n) is 4.50. The first kappa shape index (κ1) is 21.3. The molecule has 1 aliphatic heterocycles. The number of sulfonamides is 1. The normalized spacial score (nSPS) is 16.9. The van der Waals surface area contributed by atoms with Gasteiger partial charge in [-0.05, 0) is 37.6 Å². The fraction of sp³-hybridized carbons (Fsp3) is 0.556. The molecule has 0 bridgehead atoms. The number of aromatic carboxylic acids is 1. The summed E-state index contributed by atoms with van der Waals surface area (Å²) in [6.07, 6.45) is 1.35. The average molecular weight is 398 g/mol. The molecule has 1 aromatic carbocycles. The lowest BCUT2D eigenvalue weighted by molar-refractivity contribution is -0.143. The maximum atomic E-state index is 12.7. The number of carboxylic acid groups (broad SMARTS) is 1. The molecular formula is C18H26N2O6S. The smallest absolute Gasteiger partial charge is 0.335 e. The van der Waals surface area contributed by atoms with Crippen LogP contribution in [-0.2, 0) is 19.6 Å². The fourth-order valence-electron chi connectivity index (χ4n) is 2.80. The van der Waals surface area contributed by atoms with Gasteiger partial charge in [0.2, 0.25) is 10.0 Å². The molecule has 0 spiro atoms. The van der Waals surface area contributed by atoms with Crippen molar-refractivity contribution in [1.29, 1.82) is 0 Å². The number of nitrogens with zero attached hydrogens (tertiary/aromatic N) is 2. The number of rotatable bonds is 8. The van der Waals surface area contributed by atoms with Gasteiger partial charge in [-0.25, -0.2) is 13.2 Å². The number of hydrogen-bond acceptors (Lipinski definition) is 5. The summed E-state index contributed by atoms with van der Waals surface area (Å²) >= 11 is 0. The van der Waals surface area contributed by atoms with E-state index in [1.165, 1.54) is 28.6 Å². The van der Waals surface area contributed by atoms with E-state index in [9.17, 15) is 18.0 Å². The maximum Gasteiger partial charge on any atom is 0.335 e. The van der Waals surface area contributed by atoms with Crippen LogP contribution in [0.1, 0.15) is 37.0 Å². The zero-order valence-electron chi connectivity index (χ0n) is 15.6. The van der Waals surface area contributed by atoms with Gasteiger partial charge >= 0.3 is 5.97 Å². The Hall–Kier alpha value is -1.97. The molecule has 9 heteroatoms. The molecule has 1 amide bonds. The maximum absolute atomic E-state index is 12.7. The molecule has 1 unspecified atom stereocenters. The number of amides is 1. The first-order valence-corrected chi connectivity index (χ1v) is 10.4. The predicted molar refractivity (Wildman–Crippen MR) is 99.1 cm³/mol. The number of piperazine rings is 1. The number of carbonyl (C=O) groups excluding carboxylic acids is 1. The lowest BCUT2D eigenvalue weighted by Gasteiger charge is -2.35. The molecule has 0 aliphatic carbocycles. The molecule has 0 aromatic heterocycles. The molecule has 1 aliphatic rings. The highest BCUT2D eigenvalue weighted by atomic mass is 32.2. The van der Waals surface area contributed by atoms with Crippen LogP contribution < -0.4 is 0 Å². The molecule has 1 N–H and O–H groups in total. The number of carbonyl (C=O) groups is 2. The van der Waals surface area contributed by atoms with Gasteiger partial charge in [-0.2, -0.15) is 4.31 Å². The van der Waals surface area contributed by atoms with Crippen LogP contribution in [0, 0.1) is 0 Å². The zero-order valence-corrected chi connectivity index (χ0v) is 16.4. The molecular weight excluding hydrogens is 372 g/mol. The van der Waals surface area contributed by atoms with E-state index in [0.29, 0.717) is 19.7 Å². The van der Waals surface area contributed by atoms with Crippen LogP contribution >= 0.6 is 0 Å². The van der Waals surface area contributed by atoms with E-state index in [2.05, 4.69) is 0 Å². The van der Waals surface area contributed by atoms with Crippen LogP contribution in [0.5, 0.6) is 0 Å². The molecule has 8 nitrogen and oxygen atoms in total. The summed E-state index contributed by atoms with van der Waals surface area (Å²) in [6.45, 7) is 5.27. The van der Waals surface area contributed by atoms with E-state index < -0.39 is 22.1 Å². The number of hydrogen-bond donors (Lipinski definition) is 1. The first-order chi connectivity index (χ1) is 12.8. The minimum Gasteiger partial charge on any atom is -0.478 e. The van der Waals surface area contributed by atoms with E-state index in [4.69, 9.17) is 9.84 Å². The Kier molecular flexibility index (Phi) is 7.34. The van der Waals surface area contributed by atoms with Crippen molar-refractivity contribution >= 4 is 21.9 Å². The highest BCUT2D eigenvalue weighted by Gasteiger charge is 2.31. The SMILES string of the molecule is CCCCOC(C)C(=O)N1CCN(S(=O)(=O)c2ccc(C(=O)O)cc2)CC1. The third-order valence-corrected chi connectivity index (χ3v) is 6.42. The second kappa shape index (κ2) is 9.29. The highest BCUT2D eigenvalue weighted by molar-refractivity contribution is 7.89. The fourth-order valence-corrected chi connectivity index (χ4v) is 4.22. The van der Waals surface area contributed by atoms with Crippen molar-refractivity contribution in [3.8, 4) is 0 Å². The molecule has 2 rings (SSSR count). The van der Waals surface area contributed by atoms with Crippen molar-refractivity contribution in [2.75, 3.05) is 32.8 Å². The monoisotopic (exact) mass is 398 g/mol. The van der Waals surface area contributed by atoms with Crippen molar-refractivity contribution in [3.63, 3.8) is 0 Å². The quantitative estimate of drug-likeness (QED) is 0.664. The van der Waals surface area contributed by atoms with Gasteiger partial charge in [0.1, 0.15) is 6.10 Å². The second-order valence-corrected chi connectivity index (χ2v) is 8.36.